The van der Waals surface area contributed by atoms with Gasteiger partial charge >= 0.3 is 0 Å². The van der Waals surface area contributed by atoms with E-state index in [2.05, 4.69) is 77.6 Å². The summed E-state index contributed by atoms with van der Waals surface area (Å²) in [6, 6.07) is 1.21. The minimum absolute atomic E-state index is 0.146. The Labute approximate surface area is 201 Å². The molecule has 0 spiro atoms. The van der Waals surface area contributed by atoms with E-state index in [0.29, 0.717) is 12.7 Å². The fourth-order valence-corrected chi connectivity index (χ4v) is 8.18. The van der Waals surface area contributed by atoms with Gasteiger partial charge < -0.3 is 9.47 Å². The third-order valence-corrected chi connectivity index (χ3v) is 11.2. The quantitative estimate of drug-likeness (QED) is 0.128. The van der Waals surface area contributed by atoms with E-state index in [9.17, 15) is 0 Å². The Kier molecular flexibility index (Phi) is 7.68. The van der Waals surface area contributed by atoms with E-state index in [0.717, 1.165) is 13.0 Å². The van der Waals surface area contributed by atoms with E-state index in [4.69, 9.17) is 9.47 Å². The van der Waals surface area contributed by atoms with Gasteiger partial charge in [0.05, 0.1) is 11.5 Å². The van der Waals surface area contributed by atoms with Gasteiger partial charge in [-0.05, 0) is 73.3 Å². The molecule has 0 aromatic carbocycles. The highest BCUT2D eigenvalue weighted by molar-refractivity contribution is 6.83. The number of hydrogen-bond donors (Lipinski definition) is 0. The Morgan fingerprint density at radius 2 is 1.72 bits per heavy atom. The minimum Gasteiger partial charge on any atom is -0.356 e. The molecule has 182 valence electrons. The number of allylic oxidation sites excluding steroid dienone is 2. The molecule has 2 fully saturated rings. The molecule has 32 heavy (non-hydrogen) atoms. The zero-order chi connectivity index (χ0) is 23.8. The molecule has 0 unspecified atom stereocenters. The summed E-state index contributed by atoms with van der Waals surface area (Å²) in [5.74, 6) is 4.58. The summed E-state index contributed by atoms with van der Waals surface area (Å²) in [6.07, 6.45) is 11.6. The van der Waals surface area contributed by atoms with Crippen LogP contribution in [0.5, 0.6) is 0 Å². The van der Waals surface area contributed by atoms with E-state index in [1.165, 1.54) is 44.6 Å². The minimum atomic E-state index is -1.38. The van der Waals surface area contributed by atoms with Gasteiger partial charge in [-0.3, -0.25) is 0 Å². The lowest BCUT2D eigenvalue weighted by molar-refractivity contribution is -0.175. The van der Waals surface area contributed by atoms with E-state index in [-0.39, 0.29) is 22.3 Å². The number of rotatable bonds is 6. The van der Waals surface area contributed by atoms with Gasteiger partial charge in [0.25, 0.3) is 0 Å². The highest BCUT2D eigenvalue weighted by Gasteiger charge is 2.59. The van der Waals surface area contributed by atoms with Gasteiger partial charge in [0.2, 0.25) is 0 Å². The third-order valence-electron chi connectivity index (χ3n) is 8.60. The van der Waals surface area contributed by atoms with Crippen molar-refractivity contribution in [3.8, 4) is 11.5 Å². The second kappa shape index (κ2) is 9.36. The lowest BCUT2D eigenvalue weighted by atomic mass is 9.43. The van der Waals surface area contributed by atoms with Gasteiger partial charge in [0, 0.05) is 14.7 Å². The largest absolute Gasteiger partial charge is 0.356 e. The maximum Gasteiger partial charge on any atom is 0.147 e. The SMILES string of the molecule is CC1(C)[C@@H](OCOCC[Si](C)(C)C)CC[C@]2(C)C3=CCCC[C@]3(C#C[Si](C)(C)C)CC[C@@H]12. The van der Waals surface area contributed by atoms with Gasteiger partial charge in [-0.1, -0.05) is 72.0 Å². The van der Waals surface area contributed by atoms with Crippen LogP contribution < -0.4 is 0 Å². The molecule has 4 atom stereocenters. The molecule has 2 saturated carbocycles. The summed E-state index contributed by atoms with van der Waals surface area (Å²) in [5.41, 5.74) is 6.05. The molecule has 3 rings (SSSR count). The summed E-state index contributed by atoms with van der Waals surface area (Å²) in [4.78, 5) is 0. The van der Waals surface area contributed by atoms with Crippen molar-refractivity contribution in [3.63, 3.8) is 0 Å². The van der Waals surface area contributed by atoms with E-state index in [1.54, 1.807) is 5.57 Å². The van der Waals surface area contributed by atoms with E-state index >= 15 is 0 Å². The number of fused-ring (bicyclic) bond motifs is 3. The van der Waals surface area contributed by atoms with Gasteiger partial charge in [0.15, 0.2) is 0 Å². The second-order valence-corrected chi connectivity index (χ2v) is 24.3. The predicted molar refractivity (Wildman–Crippen MR) is 143 cm³/mol. The highest BCUT2D eigenvalue weighted by atomic mass is 28.3. The maximum absolute atomic E-state index is 6.41. The molecular weight excluding hydrogens is 424 g/mol. The lowest BCUT2D eigenvalue weighted by Crippen LogP contribution is -2.56. The Balaban J connectivity index is 1.75. The molecule has 0 aromatic rings. The van der Waals surface area contributed by atoms with Gasteiger partial charge in [-0.15, -0.1) is 5.54 Å². The number of ether oxygens (including phenoxy) is 2. The van der Waals surface area contributed by atoms with Crippen LogP contribution in [-0.2, 0) is 9.47 Å². The third kappa shape index (κ3) is 5.65. The van der Waals surface area contributed by atoms with Crippen molar-refractivity contribution < 1.29 is 9.47 Å². The molecule has 0 amide bonds. The molecule has 0 N–H and O–H groups in total. The maximum atomic E-state index is 6.41. The molecule has 3 aliphatic rings. The predicted octanol–water partition coefficient (Wildman–Crippen LogP) is 7.90. The Hall–Kier alpha value is -0.346. The molecule has 0 saturated heterocycles. The fraction of sp³-hybridized carbons (Fsp3) is 0.857. The van der Waals surface area contributed by atoms with Gasteiger partial charge in [-0.2, -0.15) is 0 Å². The van der Waals surface area contributed by atoms with E-state index < -0.39 is 16.1 Å². The van der Waals surface area contributed by atoms with Crippen LogP contribution in [0.1, 0.15) is 65.7 Å². The standard InChI is InChI=1S/C28H50O2Si2/c1-26(2)23-13-17-28(18-20-31(4,5)6)15-11-10-12-24(28)27(23,3)16-14-25(26)30-22-29-19-21-32(7,8)9/h12,23,25H,10-11,13-17,19,21-22H2,1-9H3/t23-,25-,27-,28+/m0/s1. The Bertz CT molecular complexity index is 761. The summed E-state index contributed by atoms with van der Waals surface area (Å²) < 4.78 is 12.3. The van der Waals surface area contributed by atoms with Crippen molar-refractivity contribution in [2.24, 2.45) is 22.2 Å². The molecule has 2 nitrogen and oxygen atoms in total. The van der Waals surface area contributed by atoms with Crippen molar-refractivity contribution in [1.82, 2.24) is 0 Å². The van der Waals surface area contributed by atoms with Gasteiger partial charge in [-0.25, -0.2) is 0 Å². The fourth-order valence-electron chi connectivity index (χ4n) is 6.81. The van der Waals surface area contributed by atoms with Crippen LogP contribution in [0.2, 0.25) is 45.3 Å². The summed E-state index contributed by atoms with van der Waals surface area (Å²) in [5, 5.41) is 0. The van der Waals surface area contributed by atoms with Crippen LogP contribution in [0.25, 0.3) is 0 Å². The van der Waals surface area contributed by atoms with Gasteiger partial charge in [0.1, 0.15) is 14.9 Å². The molecule has 0 radical (unpaired) electrons. The first-order valence-electron chi connectivity index (χ1n) is 13.1. The summed E-state index contributed by atoms with van der Waals surface area (Å²) in [6.45, 7) is 23.2. The van der Waals surface area contributed by atoms with Crippen molar-refractivity contribution in [2.45, 2.75) is 117 Å². The molecular formula is C28H50O2Si2. The summed E-state index contributed by atoms with van der Waals surface area (Å²) >= 11 is 0. The van der Waals surface area contributed by atoms with Crippen LogP contribution in [-0.4, -0.2) is 35.7 Å². The molecule has 0 aromatic heterocycles. The van der Waals surface area contributed by atoms with Crippen LogP contribution >= 0.6 is 0 Å². The zero-order valence-corrected chi connectivity index (χ0v) is 24.6. The Morgan fingerprint density at radius 3 is 2.38 bits per heavy atom. The van der Waals surface area contributed by atoms with E-state index in [1.807, 2.05) is 0 Å². The average molecular weight is 475 g/mol. The molecule has 4 heteroatoms. The average Bonchev–Trinajstić information content (AvgIpc) is 2.66. The first-order chi connectivity index (χ1) is 14.7. The molecule has 0 bridgehead atoms. The normalized spacial score (nSPS) is 34.6. The Morgan fingerprint density at radius 1 is 1.00 bits per heavy atom. The highest BCUT2D eigenvalue weighted by Crippen LogP contribution is 2.66. The monoisotopic (exact) mass is 474 g/mol. The van der Waals surface area contributed by atoms with Crippen molar-refractivity contribution in [1.29, 1.82) is 0 Å². The van der Waals surface area contributed by atoms with Crippen LogP contribution in [0, 0.1) is 33.6 Å². The molecule has 0 heterocycles. The summed E-state index contributed by atoms with van der Waals surface area (Å²) in [7, 11) is -2.43. The zero-order valence-electron chi connectivity index (χ0n) is 22.6. The smallest absolute Gasteiger partial charge is 0.147 e. The number of hydrogen-bond acceptors (Lipinski definition) is 2. The van der Waals surface area contributed by atoms with Crippen molar-refractivity contribution in [2.75, 3.05) is 13.4 Å². The van der Waals surface area contributed by atoms with Crippen LogP contribution in [0.15, 0.2) is 11.6 Å². The van der Waals surface area contributed by atoms with Crippen LogP contribution in [0.4, 0.5) is 0 Å². The van der Waals surface area contributed by atoms with Crippen molar-refractivity contribution in [3.05, 3.63) is 11.6 Å². The van der Waals surface area contributed by atoms with Crippen LogP contribution in [0.3, 0.4) is 0 Å². The molecule has 0 aliphatic heterocycles. The van der Waals surface area contributed by atoms with Crippen molar-refractivity contribution >= 4 is 16.1 Å². The topological polar surface area (TPSA) is 18.5 Å². The first kappa shape index (κ1) is 26.3. The molecule has 3 aliphatic carbocycles. The second-order valence-electron chi connectivity index (χ2n) is 14.0. The first-order valence-corrected chi connectivity index (χ1v) is 20.4. The lowest BCUT2D eigenvalue weighted by Gasteiger charge is -2.61.